The molecule has 0 spiro atoms. The van der Waals surface area contributed by atoms with Crippen molar-refractivity contribution in [1.29, 1.82) is 0 Å². The third kappa shape index (κ3) is 3.31. The van der Waals surface area contributed by atoms with E-state index < -0.39 is 0 Å². The molecule has 2 aromatic rings. The third-order valence-corrected chi connectivity index (χ3v) is 3.14. The molecule has 0 aliphatic carbocycles. The fourth-order valence-electron chi connectivity index (χ4n) is 1.31. The summed E-state index contributed by atoms with van der Waals surface area (Å²) in [7, 11) is 3.69. The van der Waals surface area contributed by atoms with Crippen molar-refractivity contribution in [1.82, 2.24) is 25.1 Å². The van der Waals surface area contributed by atoms with E-state index in [0.717, 1.165) is 0 Å². The van der Waals surface area contributed by atoms with Gasteiger partial charge in [0.2, 0.25) is 11.9 Å². The summed E-state index contributed by atoms with van der Waals surface area (Å²) >= 11 is 1.38. The quantitative estimate of drug-likeness (QED) is 0.823. The lowest BCUT2D eigenvalue weighted by Crippen LogP contribution is -2.16. The Balaban J connectivity index is 2.20. The maximum Gasteiger partial charge on any atom is 0.286 e. The maximum absolute atomic E-state index is 5.68. The summed E-state index contributed by atoms with van der Waals surface area (Å²) in [5, 5.41) is 4.15. The van der Waals surface area contributed by atoms with Gasteiger partial charge in [-0.1, -0.05) is 16.9 Å². The molecule has 8 nitrogen and oxygen atoms in total. The van der Waals surface area contributed by atoms with Crippen molar-refractivity contribution >= 4 is 23.7 Å². The van der Waals surface area contributed by atoms with Crippen molar-refractivity contribution in [2.24, 2.45) is 0 Å². The number of hydrogen-bond acceptors (Lipinski definition) is 9. The topological polar surface area (TPSA) is 107 Å². The van der Waals surface area contributed by atoms with E-state index in [1.807, 2.05) is 21.0 Å². The Kier molecular flexibility index (Phi) is 3.84. The summed E-state index contributed by atoms with van der Waals surface area (Å²) in [5.74, 6) is 1.90. The highest BCUT2D eigenvalue weighted by Crippen LogP contribution is 2.32. The third-order valence-electron chi connectivity index (χ3n) is 2.21. The highest BCUT2D eigenvalue weighted by atomic mass is 32.2. The first kappa shape index (κ1) is 13.5. The van der Waals surface area contributed by atoms with Crippen molar-refractivity contribution in [3.8, 4) is 0 Å². The average molecular weight is 281 g/mol. The number of aromatic nitrogens is 5. The zero-order valence-electron chi connectivity index (χ0n) is 11.2. The first-order valence-electron chi connectivity index (χ1n) is 5.61. The van der Waals surface area contributed by atoms with Crippen LogP contribution in [0.15, 0.2) is 9.75 Å². The number of anilines is 2. The maximum atomic E-state index is 5.68. The number of thioether (sulfide) groups is 1. The SMILES string of the molecule is Cc1noc(S[C@H](C)c2nc(N)nc(N(C)C)n2)n1. The molecule has 0 aromatic carbocycles. The van der Waals surface area contributed by atoms with Gasteiger partial charge in [0.15, 0.2) is 5.82 Å². The molecule has 2 aromatic heterocycles. The Morgan fingerprint density at radius 3 is 2.53 bits per heavy atom. The van der Waals surface area contributed by atoms with Crippen molar-refractivity contribution in [3.63, 3.8) is 0 Å². The minimum Gasteiger partial charge on any atom is -0.368 e. The van der Waals surface area contributed by atoms with Gasteiger partial charge in [0.05, 0.1) is 5.25 Å². The van der Waals surface area contributed by atoms with Gasteiger partial charge in [-0.3, -0.25) is 0 Å². The second kappa shape index (κ2) is 5.39. The molecule has 2 rings (SSSR count). The van der Waals surface area contributed by atoms with Crippen molar-refractivity contribution in [2.75, 3.05) is 24.7 Å². The molecule has 1 atom stereocenters. The molecule has 0 fully saturated rings. The highest BCUT2D eigenvalue weighted by molar-refractivity contribution is 7.99. The van der Waals surface area contributed by atoms with Crippen LogP contribution < -0.4 is 10.6 Å². The smallest absolute Gasteiger partial charge is 0.286 e. The molecule has 0 unspecified atom stereocenters. The van der Waals surface area contributed by atoms with Crippen LogP contribution in [0, 0.1) is 6.92 Å². The van der Waals surface area contributed by atoms with Crippen LogP contribution in [0.25, 0.3) is 0 Å². The van der Waals surface area contributed by atoms with Crippen molar-refractivity contribution in [2.45, 2.75) is 24.3 Å². The number of nitrogens with two attached hydrogens (primary N) is 1. The molecule has 0 radical (unpaired) electrons. The molecule has 19 heavy (non-hydrogen) atoms. The lowest BCUT2D eigenvalue weighted by Gasteiger charge is -2.13. The number of aryl methyl sites for hydroxylation is 1. The Morgan fingerprint density at radius 1 is 1.21 bits per heavy atom. The van der Waals surface area contributed by atoms with Gasteiger partial charge in [-0.15, -0.1) is 0 Å². The number of rotatable bonds is 4. The average Bonchev–Trinajstić information content (AvgIpc) is 2.73. The first-order chi connectivity index (χ1) is 8.95. The van der Waals surface area contributed by atoms with E-state index in [9.17, 15) is 0 Å². The van der Waals surface area contributed by atoms with Gasteiger partial charge >= 0.3 is 0 Å². The van der Waals surface area contributed by atoms with E-state index in [1.54, 1.807) is 11.8 Å². The molecule has 0 bridgehead atoms. The van der Waals surface area contributed by atoms with Crippen LogP contribution in [0.1, 0.15) is 23.8 Å². The fraction of sp³-hybridized carbons (Fsp3) is 0.500. The van der Waals surface area contributed by atoms with Crippen LogP contribution in [0.3, 0.4) is 0 Å². The Bertz CT molecular complexity index is 571. The Labute approximate surface area is 114 Å². The molecule has 0 saturated carbocycles. The molecule has 0 aliphatic rings. The monoisotopic (exact) mass is 281 g/mol. The van der Waals surface area contributed by atoms with E-state index >= 15 is 0 Å². The minimum absolute atomic E-state index is 0.0659. The Hall–Kier alpha value is -1.90. The van der Waals surface area contributed by atoms with Gasteiger partial charge in [-0.25, -0.2) is 0 Å². The molecule has 102 valence electrons. The fourth-order valence-corrected chi connectivity index (χ4v) is 2.09. The summed E-state index contributed by atoms with van der Waals surface area (Å²) in [6.07, 6.45) is 0. The van der Waals surface area contributed by atoms with Crippen LogP contribution in [0.5, 0.6) is 0 Å². The summed E-state index contributed by atoms with van der Waals surface area (Å²) in [6, 6.07) is 0. The lowest BCUT2D eigenvalue weighted by atomic mass is 10.4. The zero-order valence-corrected chi connectivity index (χ0v) is 12.0. The second-order valence-corrected chi connectivity index (χ2v) is 5.41. The number of hydrogen-bond donors (Lipinski definition) is 1. The van der Waals surface area contributed by atoms with Crippen molar-refractivity contribution < 1.29 is 4.52 Å². The van der Waals surface area contributed by atoms with E-state index in [4.69, 9.17) is 10.3 Å². The van der Waals surface area contributed by atoms with Gasteiger partial charge in [0.25, 0.3) is 5.22 Å². The van der Waals surface area contributed by atoms with Gasteiger partial charge in [-0.05, 0) is 13.8 Å². The zero-order chi connectivity index (χ0) is 14.0. The molecular formula is C10H15N7OS. The predicted molar refractivity (Wildman–Crippen MR) is 71.9 cm³/mol. The number of nitrogen functional groups attached to an aromatic ring is 1. The van der Waals surface area contributed by atoms with Gasteiger partial charge in [0.1, 0.15) is 5.82 Å². The first-order valence-corrected chi connectivity index (χ1v) is 6.49. The molecule has 9 heteroatoms. The van der Waals surface area contributed by atoms with Crippen LogP contribution >= 0.6 is 11.8 Å². The molecular weight excluding hydrogens is 266 g/mol. The highest BCUT2D eigenvalue weighted by Gasteiger charge is 2.17. The molecule has 0 saturated heterocycles. The largest absolute Gasteiger partial charge is 0.368 e. The van der Waals surface area contributed by atoms with Crippen LogP contribution in [0.2, 0.25) is 0 Å². The predicted octanol–water partition coefficient (Wildman–Crippen LogP) is 1.06. The van der Waals surface area contributed by atoms with E-state index in [-0.39, 0.29) is 11.2 Å². The summed E-state index contributed by atoms with van der Waals surface area (Å²) < 4.78 is 5.05. The molecule has 0 aliphatic heterocycles. The van der Waals surface area contributed by atoms with Crippen molar-refractivity contribution in [3.05, 3.63) is 11.6 Å². The summed E-state index contributed by atoms with van der Waals surface area (Å²) in [5.41, 5.74) is 5.68. The molecule has 2 N–H and O–H groups in total. The van der Waals surface area contributed by atoms with Crippen LogP contribution in [-0.2, 0) is 0 Å². The van der Waals surface area contributed by atoms with Gasteiger partial charge in [-0.2, -0.15) is 19.9 Å². The molecule has 0 amide bonds. The van der Waals surface area contributed by atoms with Crippen LogP contribution in [0.4, 0.5) is 11.9 Å². The van der Waals surface area contributed by atoms with E-state index in [1.165, 1.54) is 11.8 Å². The summed E-state index contributed by atoms with van der Waals surface area (Å²) in [6.45, 7) is 3.71. The number of nitrogens with zero attached hydrogens (tertiary/aromatic N) is 6. The van der Waals surface area contributed by atoms with E-state index in [2.05, 4.69) is 25.1 Å². The second-order valence-electron chi connectivity index (χ2n) is 4.11. The summed E-state index contributed by atoms with van der Waals surface area (Å²) in [4.78, 5) is 18.4. The molecule has 2 heterocycles. The Morgan fingerprint density at radius 2 is 1.95 bits per heavy atom. The van der Waals surface area contributed by atoms with E-state index in [0.29, 0.717) is 22.8 Å². The van der Waals surface area contributed by atoms with Gasteiger partial charge in [0, 0.05) is 14.1 Å². The van der Waals surface area contributed by atoms with Gasteiger partial charge < -0.3 is 15.2 Å². The van der Waals surface area contributed by atoms with Crippen LogP contribution in [-0.4, -0.2) is 39.2 Å². The minimum atomic E-state index is -0.0659. The normalized spacial score (nSPS) is 12.4. The standard InChI is InChI=1S/C10H15N7OS/c1-5(19-10-12-6(2)16-18-10)7-13-8(11)15-9(14-7)17(3)4/h5H,1-4H3,(H2,11,13,14,15)/t5-/m1/s1. The lowest BCUT2D eigenvalue weighted by molar-refractivity contribution is 0.337.